The van der Waals surface area contributed by atoms with E-state index in [2.05, 4.69) is 9.24 Å². The Morgan fingerprint density at radius 2 is 1.50 bits per heavy atom. The average molecular weight is 238 g/mol. The van der Waals surface area contributed by atoms with Crippen molar-refractivity contribution < 1.29 is 0 Å². The Balaban J connectivity index is 0.000000490. The fourth-order valence-corrected chi connectivity index (χ4v) is 0.675. The van der Waals surface area contributed by atoms with Gasteiger partial charge in [-0.15, -0.1) is 33.2 Å². The van der Waals surface area contributed by atoms with Crippen LogP contribution in [0.5, 0.6) is 0 Å². The Bertz CT molecular complexity index is 138. The van der Waals surface area contributed by atoms with Crippen LogP contribution in [0.4, 0.5) is 0 Å². The van der Waals surface area contributed by atoms with Gasteiger partial charge in [0.25, 0.3) is 0 Å². The fourth-order valence-electron chi connectivity index (χ4n) is 0.453. The highest BCUT2D eigenvalue weighted by Crippen LogP contribution is 1.86. The van der Waals surface area contributed by atoms with Gasteiger partial charge in [0.2, 0.25) is 0 Å². The molecule has 0 aliphatic heterocycles. The summed E-state index contributed by atoms with van der Waals surface area (Å²) in [4.78, 5) is 0. The van der Waals surface area contributed by atoms with Crippen LogP contribution in [0.25, 0.3) is 0 Å². The maximum absolute atomic E-state index is 2.63. The molecule has 1 aromatic carbocycles. The maximum Gasteiger partial charge on any atom is -0.0303 e. The number of halogens is 1. The van der Waals surface area contributed by atoms with Crippen LogP contribution in [0.1, 0.15) is 0 Å². The van der Waals surface area contributed by atoms with Crippen LogP contribution >= 0.6 is 33.2 Å². The standard InChI is InChI=1S/C6H7P.HI/c7-6-4-2-1-3-5-6;/h1-5H,7H2;1H. The van der Waals surface area contributed by atoms with Crippen LogP contribution in [0.2, 0.25) is 0 Å². The maximum atomic E-state index is 2.63. The van der Waals surface area contributed by atoms with Crippen molar-refractivity contribution in [3.63, 3.8) is 0 Å². The average Bonchev–Trinajstić information content (AvgIpc) is 1.69. The molecule has 0 saturated carbocycles. The second-order valence-electron chi connectivity index (χ2n) is 1.41. The van der Waals surface area contributed by atoms with Crippen molar-refractivity contribution in [2.45, 2.75) is 0 Å². The molecular formula is C6H8IP. The molecule has 0 aromatic heterocycles. The van der Waals surface area contributed by atoms with Crippen molar-refractivity contribution in [2.75, 3.05) is 0 Å². The molecule has 1 unspecified atom stereocenters. The van der Waals surface area contributed by atoms with E-state index in [1.54, 1.807) is 0 Å². The molecule has 2 heteroatoms. The van der Waals surface area contributed by atoms with E-state index in [0.29, 0.717) is 0 Å². The summed E-state index contributed by atoms with van der Waals surface area (Å²) in [6.45, 7) is 0. The summed E-state index contributed by atoms with van der Waals surface area (Å²) in [5.74, 6) is 0. The van der Waals surface area contributed by atoms with Crippen molar-refractivity contribution in [1.82, 2.24) is 0 Å². The molecule has 0 aliphatic rings. The first kappa shape index (κ1) is 8.38. The van der Waals surface area contributed by atoms with Crippen molar-refractivity contribution in [3.8, 4) is 0 Å². The molecule has 0 saturated heterocycles. The third kappa shape index (κ3) is 2.63. The van der Waals surface area contributed by atoms with Gasteiger partial charge in [-0.3, -0.25) is 0 Å². The molecule has 0 aliphatic carbocycles. The zero-order chi connectivity index (χ0) is 5.11. The summed E-state index contributed by atoms with van der Waals surface area (Å²) in [7, 11) is 2.63. The molecule has 0 heterocycles. The van der Waals surface area contributed by atoms with Crippen molar-refractivity contribution in [2.24, 2.45) is 0 Å². The molecule has 44 valence electrons. The summed E-state index contributed by atoms with van der Waals surface area (Å²) in [6, 6.07) is 10.1. The van der Waals surface area contributed by atoms with E-state index in [0.717, 1.165) is 0 Å². The molecule has 0 bridgehead atoms. The molecular weight excluding hydrogens is 230 g/mol. The van der Waals surface area contributed by atoms with Crippen LogP contribution in [-0.2, 0) is 0 Å². The van der Waals surface area contributed by atoms with Crippen LogP contribution in [0.3, 0.4) is 0 Å². The Labute approximate surface area is 68.9 Å². The van der Waals surface area contributed by atoms with Crippen LogP contribution in [-0.4, -0.2) is 0 Å². The van der Waals surface area contributed by atoms with Gasteiger partial charge >= 0.3 is 0 Å². The lowest BCUT2D eigenvalue weighted by Crippen LogP contribution is -1.82. The van der Waals surface area contributed by atoms with E-state index in [1.165, 1.54) is 5.30 Å². The first-order valence-corrected chi connectivity index (χ1v) is 2.78. The normalized spacial score (nSPS) is 7.62. The Kier molecular flexibility index (Phi) is 4.48. The molecule has 1 atom stereocenters. The second kappa shape index (κ2) is 4.28. The summed E-state index contributed by atoms with van der Waals surface area (Å²) in [6.07, 6.45) is 0. The van der Waals surface area contributed by atoms with Gasteiger partial charge in [0.05, 0.1) is 0 Å². The van der Waals surface area contributed by atoms with Crippen LogP contribution in [0, 0.1) is 0 Å². The molecule has 8 heavy (non-hydrogen) atoms. The third-order valence-corrected chi connectivity index (χ3v) is 1.18. The quantitative estimate of drug-likeness (QED) is 0.477. The summed E-state index contributed by atoms with van der Waals surface area (Å²) < 4.78 is 0. The highest BCUT2D eigenvalue weighted by Gasteiger charge is 1.72. The van der Waals surface area contributed by atoms with Gasteiger partial charge in [0.15, 0.2) is 0 Å². The predicted octanol–water partition coefficient (Wildman–Crippen LogP) is 1.80. The third-order valence-electron chi connectivity index (χ3n) is 0.800. The number of benzene rings is 1. The Morgan fingerprint density at radius 3 is 1.75 bits per heavy atom. The second-order valence-corrected chi connectivity index (χ2v) is 2.08. The molecule has 1 rings (SSSR count). The molecule has 0 radical (unpaired) electrons. The molecule has 0 fully saturated rings. The monoisotopic (exact) mass is 238 g/mol. The van der Waals surface area contributed by atoms with Gasteiger partial charge < -0.3 is 0 Å². The van der Waals surface area contributed by atoms with Gasteiger partial charge in [-0.05, 0) is 5.30 Å². The highest BCUT2D eigenvalue weighted by atomic mass is 127. The predicted molar refractivity (Wildman–Crippen MR) is 51.2 cm³/mol. The lowest BCUT2D eigenvalue weighted by molar-refractivity contribution is 1.78. The minimum Gasteiger partial charge on any atom is -0.107 e. The van der Waals surface area contributed by atoms with E-state index in [9.17, 15) is 0 Å². The highest BCUT2D eigenvalue weighted by molar-refractivity contribution is 14.0. The number of hydrogen-bond acceptors (Lipinski definition) is 0. The van der Waals surface area contributed by atoms with Gasteiger partial charge in [-0.25, -0.2) is 0 Å². The SMILES string of the molecule is I.Pc1ccccc1. The van der Waals surface area contributed by atoms with Crippen molar-refractivity contribution in [3.05, 3.63) is 30.3 Å². The first-order valence-electron chi connectivity index (χ1n) is 2.20. The number of hydrogen-bond donors (Lipinski definition) is 0. The minimum atomic E-state index is 0. The lowest BCUT2D eigenvalue weighted by Gasteiger charge is -1.82. The van der Waals surface area contributed by atoms with Crippen molar-refractivity contribution >= 4 is 38.5 Å². The molecule has 0 nitrogen and oxygen atoms in total. The van der Waals surface area contributed by atoms with Crippen LogP contribution < -0.4 is 5.30 Å². The molecule has 1 aromatic rings. The zero-order valence-electron chi connectivity index (χ0n) is 4.37. The van der Waals surface area contributed by atoms with Crippen molar-refractivity contribution in [1.29, 1.82) is 0 Å². The minimum absolute atomic E-state index is 0. The van der Waals surface area contributed by atoms with Gasteiger partial charge in [0.1, 0.15) is 0 Å². The first-order chi connectivity index (χ1) is 3.39. The molecule has 0 spiro atoms. The smallest absolute Gasteiger partial charge is 0.0303 e. The summed E-state index contributed by atoms with van der Waals surface area (Å²) in [5, 5.41) is 1.24. The topological polar surface area (TPSA) is 0 Å². The van der Waals surface area contributed by atoms with E-state index in [1.807, 2.05) is 30.3 Å². The summed E-state index contributed by atoms with van der Waals surface area (Å²) in [5.41, 5.74) is 0. The van der Waals surface area contributed by atoms with Gasteiger partial charge in [-0.1, -0.05) is 30.3 Å². The van der Waals surface area contributed by atoms with E-state index in [4.69, 9.17) is 0 Å². The van der Waals surface area contributed by atoms with E-state index < -0.39 is 0 Å². The molecule has 0 amide bonds. The van der Waals surface area contributed by atoms with Crippen LogP contribution in [0.15, 0.2) is 30.3 Å². The zero-order valence-corrected chi connectivity index (χ0v) is 7.86. The van der Waals surface area contributed by atoms with E-state index >= 15 is 0 Å². The van der Waals surface area contributed by atoms with Gasteiger partial charge in [0, 0.05) is 0 Å². The fraction of sp³-hybridized carbons (Fsp3) is 0. The number of rotatable bonds is 0. The van der Waals surface area contributed by atoms with E-state index in [-0.39, 0.29) is 24.0 Å². The Hall–Kier alpha value is 0.380. The lowest BCUT2D eigenvalue weighted by atomic mass is 10.4. The molecule has 0 N–H and O–H groups in total. The summed E-state index contributed by atoms with van der Waals surface area (Å²) >= 11 is 0. The Morgan fingerprint density at radius 1 is 1.00 bits per heavy atom. The largest absolute Gasteiger partial charge is 0.107 e. The van der Waals surface area contributed by atoms with Gasteiger partial charge in [-0.2, -0.15) is 0 Å².